The van der Waals surface area contributed by atoms with E-state index in [1.807, 2.05) is 13.2 Å². The fraction of sp³-hybridized carbons (Fsp3) is 0.357. The summed E-state index contributed by atoms with van der Waals surface area (Å²) in [6.07, 6.45) is -0.0236. The molecular formula is C14H15F3N6O4. The Bertz CT molecular complexity index is 885. The molecule has 3 rings (SSSR count). The standard InChI is InChI=1S/C12H14N6O2.C2HF3O2/c1-18-7-8(6-14-18)9-5-10(19-16-9)12-15-11(17-20-12)3-2-4-13;3-2(4,5)1(6)7/h5-7H,2-4,13H2,1H3;(H,6,7). The molecule has 0 saturated heterocycles. The van der Waals surface area contributed by atoms with Gasteiger partial charge in [0.25, 0.3) is 5.89 Å². The van der Waals surface area contributed by atoms with Crippen LogP contribution < -0.4 is 5.73 Å². The van der Waals surface area contributed by atoms with Crippen LogP contribution in [0.15, 0.2) is 27.5 Å². The van der Waals surface area contributed by atoms with Crippen molar-refractivity contribution < 1.29 is 32.1 Å². The molecule has 0 spiro atoms. The minimum atomic E-state index is -5.08. The number of hydrogen-bond acceptors (Lipinski definition) is 8. The number of aromatic nitrogens is 5. The van der Waals surface area contributed by atoms with E-state index < -0.39 is 12.1 Å². The Labute approximate surface area is 149 Å². The summed E-state index contributed by atoms with van der Waals surface area (Å²) < 4.78 is 43.8. The van der Waals surface area contributed by atoms with Crippen molar-refractivity contribution in [2.75, 3.05) is 6.54 Å². The summed E-state index contributed by atoms with van der Waals surface area (Å²) in [6.45, 7) is 0.595. The number of rotatable bonds is 5. The minimum absolute atomic E-state index is 0.319. The van der Waals surface area contributed by atoms with Crippen LogP contribution in [0.1, 0.15) is 12.2 Å². The van der Waals surface area contributed by atoms with Crippen molar-refractivity contribution in [3.63, 3.8) is 0 Å². The van der Waals surface area contributed by atoms with Gasteiger partial charge in [-0.3, -0.25) is 4.68 Å². The van der Waals surface area contributed by atoms with Crippen molar-refractivity contribution in [2.24, 2.45) is 12.8 Å². The van der Waals surface area contributed by atoms with Gasteiger partial charge < -0.3 is 19.9 Å². The maximum Gasteiger partial charge on any atom is 0.490 e. The van der Waals surface area contributed by atoms with Gasteiger partial charge in [0.2, 0.25) is 5.76 Å². The Balaban J connectivity index is 0.000000321. The second kappa shape index (κ2) is 8.44. The summed E-state index contributed by atoms with van der Waals surface area (Å²) >= 11 is 0. The van der Waals surface area contributed by atoms with Crippen LogP contribution in [0.2, 0.25) is 0 Å². The van der Waals surface area contributed by atoms with E-state index >= 15 is 0 Å². The number of aliphatic carboxylic acids is 1. The topological polar surface area (TPSA) is 146 Å². The second-order valence-corrected chi connectivity index (χ2v) is 5.19. The summed E-state index contributed by atoms with van der Waals surface area (Å²) in [5, 5.41) is 19.1. The lowest BCUT2D eigenvalue weighted by Crippen LogP contribution is -2.21. The SMILES string of the molecule is Cn1cc(-c2cc(-c3nc(CCCN)no3)on2)cn1.O=C(O)C(F)(F)F. The number of hydrogen-bond donors (Lipinski definition) is 2. The predicted octanol–water partition coefficient (Wildman–Crippen LogP) is 1.65. The van der Waals surface area contributed by atoms with Crippen LogP contribution in [0.4, 0.5) is 13.2 Å². The molecule has 0 unspecified atom stereocenters. The molecule has 0 aliphatic heterocycles. The van der Waals surface area contributed by atoms with E-state index in [1.54, 1.807) is 16.9 Å². The molecule has 27 heavy (non-hydrogen) atoms. The number of halogens is 3. The van der Waals surface area contributed by atoms with Crippen molar-refractivity contribution in [1.29, 1.82) is 0 Å². The first kappa shape index (κ1) is 20.1. The van der Waals surface area contributed by atoms with Crippen LogP contribution in [-0.2, 0) is 18.3 Å². The highest BCUT2D eigenvalue weighted by atomic mass is 19.4. The van der Waals surface area contributed by atoms with Crippen LogP contribution in [0.25, 0.3) is 22.9 Å². The van der Waals surface area contributed by atoms with Crippen molar-refractivity contribution in [1.82, 2.24) is 25.1 Å². The fourth-order valence-electron chi connectivity index (χ4n) is 1.78. The molecule has 146 valence electrons. The van der Waals surface area contributed by atoms with E-state index in [2.05, 4.69) is 20.4 Å². The Morgan fingerprint density at radius 1 is 1.33 bits per heavy atom. The summed E-state index contributed by atoms with van der Waals surface area (Å²) in [7, 11) is 1.84. The maximum absolute atomic E-state index is 10.6. The van der Waals surface area contributed by atoms with Gasteiger partial charge in [-0.15, -0.1) is 0 Å². The molecule has 0 aliphatic carbocycles. The zero-order chi connectivity index (χ0) is 20.0. The number of aryl methyl sites for hydroxylation is 2. The van der Waals surface area contributed by atoms with E-state index in [1.165, 1.54) is 0 Å². The third kappa shape index (κ3) is 5.64. The summed E-state index contributed by atoms with van der Waals surface area (Å²) in [5.41, 5.74) is 6.98. The van der Waals surface area contributed by atoms with Crippen LogP contribution in [0.5, 0.6) is 0 Å². The second-order valence-electron chi connectivity index (χ2n) is 5.19. The fourth-order valence-corrected chi connectivity index (χ4v) is 1.78. The predicted molar refractivity (Wildman–Crippen MR) is 83.1 cm³/mol. The number of nitrogens with two attached hydrogens (primary N) is 1. The van der Waals surface area contributed by atoms with E-state index in [9.17, 15) is 13.2 Å². The average molecular weight is 388 g/mol. The molecule has 0 aliphatic rings. The highest BCUT2D eigenvalue weighted by molar-refractivity contribution is 5.73. The number of nitrogens with zero attached hydrogens (tertiary/aromatic N) is 5. The van der Waals surface area contributed by atoms with Gasteiger partial charge >= 0.3 is 12.1 Å². The minimum Gasteiger partial charge on any atom is -0.475 e. The number of carboxylic acids is 1. The Kier molecular flexibility index (Phi) is 6.28. The van der Waals surface area contributed by atoms with Crippen LogP contribution >= 0.6 is 0 Å². The van der Waals surface area contributed by atoms with Gasteiger partial charge in [0, 0.05) is 31.3 Å². The van der Waals surface area contributed by atoms with Crippen molar-refractivity contribution in [3.8, 4) is 22.9 Å². The van der Waals surface area contributed by atoms with Gasteiger partial charge in [-0.1, -0.05) is 10.3 Å². The third-order valence-electron chi connectivity index (χ3n) is 3.04. The van der Waals surface area contributed by atoms with Crippen LogP contribution in [0.3, 0.4) is 0 Å². The molecule has 3 aromatic heterocycles. The molecule has 3 N–H and O–H groups in total. The summed E-state index contributed by atoms with van der Waals surface area (Å²) in [6, 6.07) is 1.75. The van der Waals surface area contributed by atoms with Gasteiger partial charge in [-0.05, 0) is 13.0 Å². The summed E-state index contributed by atoms with van der Waals surface area (Å²) in [5.74, 6) is -1.38. The molecule has 0 amide bonds. The smallest absolute Gasteiger partial charge is 0.475 e. The quantitative estimate of drug-likeness (QED) is 0.666. The molecule has 0 radical (unpaired) electrons. The first-order valence-corrected chi connectivity index (χ1v) is 7.49. The highest BCUT2D eigenvalue weighted by Gasteiger charge is 2.38. The summed E-state index contributed by atoms with van der Waals surface area (Å²) in [4.78, 5) is 13.1. The first-order valence-electron chi connectivity index (χ1n) is 7.49. The molecule has 13 heteroatoms. The molecule has 0 bridgehead atoms. The van der Waals surface area contributed by atoms with Crippen molar-refractivity contribution >= 4 is 5.97 Å². The average Bonchev–Trinajstić information content (AvgIpc) is 3.32. The van der Waals surface area contributed by atoms with Crippen LogP contribution in [0, 0.1) is 0 Å². The van der Waals surface area contributed by atoms with E-state index in [0.29, 0.717) is 36.1 Å². The Hall–Kier alpha value is -3.22. The molecular weight excluding hydrogens is 373 g/mol. The van der Waals surface area contributed by atoms with Gasteiger partial charge in [0.15, 0.2) is 5.82 Å². The number of alkyl halides is 3. The van der Waals surface area contributed by atoms with Crippen molar-refractivity contribution in [3.05, 3.63) is 24.3 Å². The zero-order valence-electron chi connectivity index (χ0n) is 14.0. The number of carboxylic acid groups (broad SMARTS) is 1. The lowest BCUT2D eigenvalue weighted by molar-refractivity contribution is -0.192. The molecule has 3 heterocycles. The normalized spacial score (nSPS) is 11.1. The third-order valence-corrected chi connectivity index (χ3v) is 3.04. The van der Waals surface area contributed by atoms with E-state index in [4.69, 9.17) is 24.7 Å². The maximum atomic E-state index is 10.6. The molecule has 0 fully saturated rings. The largest absolute Gasteiger partial charge is 0.490 e. The molecule has 3 aromatic rings. The van der Waals surface area contributed by atoms with Gasteiger partial charge in [-0.25, -0.2) is 4.79 Å². The zero-order valence-corrected chi connectivity index (χ0v) is 14.0. The van der Waals surface area contributed by atoms with Crippen molar-refractivity contribution in [2.45, 2.75) is 19.0 Å². The van der Waals surface area contributed by atoms with Gasteiger partial charge in [-0.2, -0.15) is 23.3 Å². The molecule has 0 aromatic carbocycles. The Morgan fingerprint density at radius 3 is 2.59 bits per heavy atom. The first-order chi connectivity index (χ1) is 12.7. The van der Waals surface area contributed by atoms with Gasteiger partial charge in [0.05, 0.1) is 6.20 Å². The molecule has 0 atom stereocenters. The number of carbonyl (C=O) groups is 1. The van der Waals surface area contributed by atoms with Crippen LogP contribution in [-0.4, -0.2) is 48.9 Å². The van der Waals surface area contributed by atoms with Gasteiger partial charge in [0.1, 0.15) is 5.69 Å². The Morgan fingerprint density at radius 2 is 2.04 bits per heavy atom. The van der Waals surface area contributed by atoms with E-state index in [-0.39, 0.29) is 0 Å². The highest BCUT2D eigenvalue weighted by Crippen LogP contribution is 2.24. The molecule has 0 saturated carbocycles. The lowest BCUT2D eigenvalue weighted by Gasteiger charge is -1.93. The monoisotopic (exact) mass is 388 g/mol. The van der Waals surface area contributed by atoms with E-state index in [0.717, 1.165) is 12.0 Å². The molecule has 10 nitrogen and oxygen atoms in total. The lowest BCUT2D eigenvalue weighted by atomic mass is 10.2.